The number of hydrogen-bond donors (Lipinski definition) is 0. The van der Waals surface area contributed by atoms with Crippen molar-refractivity contribution in [2.24, 2.45) is 23.7 Å². The molecule has 0 unspecified atom stereocenters. The topological polar surface area (TPSA) is 60.9 Å². The van der Waals surface area contributed by atoms with E-state index in [1.165, 1.54) is 37.3 Å². The largest absolute Gasteiger partial charge is 0.343 e. The normalized spacial score (nSPS) is 27.8. The highest BCUT2D eigenvalue weighted by molar-refractivity contribution is 6.05. The van der Waals surface area contributed by atoms with Crippen molar-refractivity contribution in [1.29, 1.82) is 0 Å². The first kappa shape index (κ1) is 21.8. The van der Waals surface area contributed by atoms with Crippen molar-refractivity contribution in [3.63, 3.8) is 0 Å². The van der Waals surface area contributed by atoms with Crippen molar-refractivity contribution >= 4 is 17.7 Å². The minimum Gasteiger partial charge on any atom is -0.343 e. The minimum atomic E-state index is -0.111. The van der Waals surface area contributed by atoms with Gasteiger partial charge in [-0.25, -0.2) is 0 Å². The molecule has 6 nitrogen and oxygen atoms in total. The molecule has 4 fully saturated rings. The van der Waals surface area contributed by atoms with Crippen LogP contribution in [0.5, 0.6) is 0 Å². The Labute approximate surface area is 181 Å². The van der Waals surface area contributed by atoms with Crippen molar-refractivity contribution in [1.82, 2.24) is 14.7 Å². The number of carbonyl (C=O) groups excluding carboxylic acids is 3. The van der Waals surface area contributed by atoms with Crippen LogP contribution in [0.15, 0.2) is 0 Å². The molecule has 0 N–H and O–H groups in total. The first-order chi connectivity index (χ1) is 14.6. The van der Waals surface area contributed by atoms with Gasteiger partial charge in [-0.1, -0.05) is 19.8 Å². The van der Waals surface area contributed by atoms with Crippen LogP contribution in [0, 0.1) is 23.7 Å². The molecule has 0 bridgehead atoms. The summed E-state index contributed by atoms with van der Waals surface area (Å²) in [5.41, 5.74) is 0. The number of hydrogen-bond acceptors (Lipinski definition) is 4. The quantitative estimate of drug-likeness (QED) is 0.541. The molecule has 2 saturated carbocycles. The number of piperidine rings is 1. The number of amides is 3. The molecule has 0 aromatic heterocycles. The first-order valence-corrected chi connectivity index (χ1v) is 12.4. The van der Waals surface area contributed by atoms with Crippen LogP contribution >= 0.6 is 0 Å². The number of likely N-dealkylation sites (tertiary alicyclic amines) is 2. The third-order valence-corrected chi connectivity index (χ3v) is 7.96. The summed E-state index contributed by atoms with van der Waals surface area (Å²) in [6, 6.07) is 0. The lowest BCUT2D eigenvalue weighted by molar-refractivity contribution is -0.141. The Morgan fingerprint density at radius 3 is 2.13 bits per heavy atom. The minimum absolute atomic E-state index is 0.0251. The van der Waals surface area contributed by atoms with Crippen LogP contribution in [0.4, 0.5) is 0 Å². The Bertz CT molecular complexity index is 616. The van der Waals surface area contributed by atoms with Crippen LogP contribution in [0.1, 0.15) is 71.1 Å². The smallest absolute Gasteiger partial charge is 0.233 e. The number of nitrogens with zero attached hydrogens (tertiary/aromatic N) is 3. The zero-order valence-electron chi connectivity index (χ0n) is 18.7. The van der Waals surface area contributed by atoms with E-state index in [0.717, 1.165) is 64.1 Å². The Balaban J connectivity index is 1.16. The maximum atomic E-state index is 12.7. The fraction of sp³-hybridized carbons (Fsp3) is 0.875. The number of imide groups is 1. The van der Waals surface area contributed by atoms with E-state index in [1.54, 1.807) is 0 Å². The third-order valence-electron chi connectivity index (χ3n) is 7.96. The Kier molecular flexibility index (Phi) is 7.12. The summed E-state index contributed by atoms with van der Waals surface area (Å²) in [6.07, 6.45) is 10.3. The Hall–Kier alpha value is -1.43. The van der Waals surface area contributed by atoms with Crippen molar-refractivity contribution in [2.45, 2.75) is 71.1 Å². The third kappa shape index (κ3) is 5.06. The summed E-state index contributed by atoms with van der Waals surface area (Å²) in [5.74, 6) is 1.49. The fourth-order valence-corrected chi connectivity index (χ4v) is 5.70. The van der Waals surface area contributed by atoms with E-state index in [9.17, 15) is 14.4 Å². The number of carbonyl (C=O) groups is 3. The summed E-state index contributed by atoms with van der Waals surface area (Å²) >= 11 is 0. The fourth-order valence-electron chi connectivity index (χ4n) is 5.70. The standard InChI is InChI=1S/C24H39N3O3/c1-2-25(17-19-7-8-19)13-9-18-10-14-26(15-11-18)22(28)12-16-27-23(29)20-5-3-4-6-21(20)24(27)30/h18-21H,2-17H2,1H3/t20-,21-/m1/s1. The molecular formula is C24H39N3O3. The lowest BCUT2D eigenvalue weighted by Gasteiger charge is -2.33. The van der Waals surface area contributed by atoms with E-state index < -0.39 is 0 Å². The highest BCUT2D eigenvalue weighted by Gasteiger charge is 2.47. The van der Waals surface area contributed by atoms with E-state index in [1.807, 2.05) is 4.90 Å². The van der Waals surface area contributed by atoms with Crippen molar-refractivity contribution in [2.75, 3.05) is 39.3 Å². The lowest BCUT2D eigenvalue weighted by Crippen LogP contribution is -2.41. The molecule has 0 aromatic rings. The van der Waals surface area contributed by atoms with Gasteiger partial charge in [0.25, 0.3) is 0 Å². The van der Waals surface area contributed by atoms with Gasteiger partial charge in [0, 0.05) is 32.6 Å². The molecule has 0 spiro atoms. The average Bonchev–Trinajstić information content (AvgIpc) is 3.56. The lowest BCUT2D eigenvalue weighted by atomic mass is 9.81. The molecule has 2 aliphatic heterocycles. The molecule has 0 aromatic carbocycles. The van der Waals surface area contributed by atoms with Gasteiger partial charge in [-0.15, -0.1) is 0 Å². The predicted molar refractivity (Wildman–Crippen MR) is 116 cm³/mol. The van der Waals surface area contributed by atoms with Crippen LogP contribution in [0.3, 0.4) is 0 Å². The molecule has 3 amide bonds. The summed E-state index contributed by atoms with van der Waals surface area (Å²) in [4.78, 5) is 43.8. The van der Waals surface area contributed by atoms with E-state index in [-0.39, 0.29) is 42.5 Å². The second-order valence-corrected chi connectivity index (χ2v) is 10.0. The molecule has 168 valence electrons. The highest BCUT2D eigenvalue weighted by Crippen LogP contribution is 2.38. The number of rotatable bonds is 9. The van der Waals surface area contributed by atoms with Gasteiger partial charge in [-0.3, -0.25) is 19.3 Å². The molecular weight excluding hydrogens is 378 g/mol. The zero-order chi connectivity index (χ0) is 21.1. The summed E-state index contributed by atoms with van der Waals surface area (Å²) in [5, 5.41) is 0. The molecule has 2 aliphatic carbocycles. The van der Waals surface area contributed by atoms with Crippen molar-refractivity contribution in [3.05, 3.63) is 0 Å². The molecule has 6 heteroatoms. The number of fused-ring (bicyclic) bond motifs is 1. The second-order valence-electron chi connectivity index (χ2n) is 10.0. The maximum absolute atomic E-state index is 12.7. The summed E-state index contributed by atoms with van der Waals surface area (Å²) < 4.78 is 0. The van der Waals surface area contributed by atoms with Crippen molar-refractivity contribution in [3.8, 4) is 0 Å². The zero-order valence-corrected chi connectivity index (χ0v) is 18.7. The average molecular weight is 418 g/mol. The SMILES string of the molecule is CCN(CCC1CCN(C(=O)CCN2C(=O)[C@@H]3CCCC[C@H]3C2=O)CC1)CC1CC1. The van der Waals surface area contributed by atoms with E-state index in [4.69, 9.17) is 0 Å². The van der Waals surface area contributed by atoms with Crippen LogP contribution in [0.2, 0.25) is 0 Å². The van der Waals surface area contributed by atoms with Gasteiger partial charge in [-0.05, 0) is 69.9 Å². The predicted octanol–water partition coefficient (Wildman–Crippen LogP) is 2.91. The summed E-state index contributed by atoms with van der Waals surface area (Å²) in [6.45, 7) is 7.78. The van der Waals surface area contributed by atoms with Gasteiger partial charge in [0.2, 0.25) is 17.7 Å². The molecule has 4 rings (SSSR count). The summed E-state index contributed by atoms with van der Waals surface area (Å²) in [7, 11) is 0. The molecule has 4 aliphatic rings. The molecule has 2 saturated heterocycles. The van der Waals surface area contributed by atoms with Crippen LogP contribution in [-0.4, -0.2) is 71.7 Å². The van der Waals surface area contributed by atoms with Gasteiger partial charge in [0.15, 0.2) is 0 Å². The van der Waals surface area contributed by atoms with E-state index in [0.29, 0.717) is 5.92 Å². The van der Waals surface area contributed by atoms with E-state index in [2.05, 4.69) is 11.8 Å². The van der Waals surface area contributed by atoms with E-state index >= 15 is 0 Å². The van der Waals surface area contributed by atoms with Gasteiger partial charge < -0.3 is 9.80 Å². The van der Waals surface area contributed by atoms with Gasteiger partial charge in [0.1, 0.15) is 0 Å². The Morgan fingerprint density at radius 2 is 1.57 bits per heavy atom. The molecule has 2 heterocycles. The highest BCUT2D eigenvalue weighted by atomic mass is 16.2. The van der Waals surface area contributed by atoms with Gasteiger partial charge in [0.05, 0.1) is 11.8 Å². The molecule has 2 atom stereocenters. The van der Waals surface area contributed by atoms with Crippen LogP contribution in [0.25, 0.3) is 0 Å². The van der Waals surface area contributed by atoms with Crippen LogP contribution in [-0.2, 0) is 14.4 Å². The maximum Gasteiger partial charge on any atom is 0.233 e. The van der Waals surface area contributed by atoms with Gasteiger partial charge in [-0.2, -0.15) is 0 Å². The molecule has 30 heavy (non-hydrogen) atoms. The molecule has 0 radical (unpaired) electrons. The van der Waals surface area contributed by atoms with Crippen LogP contribution < -0.4 is 0 Å². The van der Waals surface area contributed by atoms with Gasteiger partial charge >= 0.3 is 0 Å². The first-order valence-electron chi connectivity index (χ1n) is 12.4. The van der Waals surface area contributed by atoms with Crippen molar-refractivity contribution < 1.29 is 14.4 Å². The second kappa shape index (κ2) is 9.80. The monoisotopic (exact) mass is 417 g/mol. The Morgan fingerprint density at radius 1 is 0.933 bits per heavy atom.